The van der Waals surface area contributed by atoms with Gasteiger partial charge in [0.25, 0.3) is 5.91 Å². The van der Waals surface area contributed by atoms with Crippen LogP contribution in [0.25, 0.3) is 11.0 Å². The number of aliphatic carboxylic acids is 1. The van der Waals surface area contributed by atoms with Crippen LogP contribution in [0.5, 0.6) is 0 Å². The van der Waals surface area contributed by atoms with Crippen molar-refractivity contribution in [1.82, 2.24) is 9.55 Å². The van der Waals surface area contributed by atoms with Crippen LogP contribution >= 0.6 is 0 Å². The number of benzene rings is 3. The molecule has 1 aromatic heterocycles. The van der Waals surface area contributed by atoms with E-state index in [1.165, 1.54) is 35.2 Å². The number of halogens is 2. The molecule has 0 aliphatic carbocycles. The zero-order valence-corrected chi connectivity index (χ0v) is 20.5. The van der Waals surface area contributed by atoms with Crippen LogP contribution in [0.2, 0.25) is 0 Å². The number of nitrogens with zero attached hydrogens (tertiary/aromatic N) is 3. The van der Waals surface area contributed by atoms with Crippen molar-refractivity contribution in [2.24, 2.45) is 5.73 Å². The number of aromatic nitrogens is 2. The maximum Gasteiger partial charge on any atom is 0.305 e. The lowest BCUT2D eigenvalue weighted by molar-refractivity contribution is -0.136. The van der Waals surface area contributed by atoms with Crippen LogP contribution in [0.1, 0.15) is 35.1 Å². The summed E-state index contributed by atoms with van der Waals surface area (Å²) >= 11 is 0. The number of carboxylic acid groups (broad SMARTS) is 1. The van der Waals surface area contributed by atoms with E-state index in [1.54, 1.807) is 30.3 Å². The summed E-state index contributed by atoms with van der Waals surface area (Å²) in [5.41, 5.74) is 7.72. The number of imidazole rings is 1. The highest BCUT2D eigenvalue weighted by atomic mass is 19.1. The fraction of sp³-hybridized carbons (Fsp3) is 0.185. The first kappa shape index (κ1) is 26.3. The minimum Gasteiger partial charge on any atom is -0.481 e. The number of carboxylic acids is 1. The Labute approximate surface area is 217 Å². The molecule has 1 heterocycles. The second-order valence-corrected chi connectivity index (χ2v) is 8.52. The van der Waals surface area contributed by atoms with Gasteiger partial charge in [-0.2, -0.15) is 0 Å². The number of carbonyl (C=O) groups is 2. The van der Waals surface area contributed by atoms with Crippen molar-refractivity contribution in [2.45, 2.75) is 26.4 Å². The molecular formula is C27H26F2N6O3. The highest BCUT2D eigenvalue weighted by Gasteiger charge is 2.21. The van der Waals surface area contributed by atoms with Crippen LogP contribution in [-0.4, -0.2) is 38.9 Å². The minimum atomic E-state index is -1.08. The number of nitrogens with two attached hydrogens (primary N) is 1. The third-order valence-electron chi connectivity index (χ3n) is 6.02. The molecule has 1 amide bonds. The second-order valence-electron chi connectivity index (χ2n) is 8.52. The number of amidine groups is 1. The summed E-state index contributed by atoms with van der Waals surface area (Å²) in [5, 5.41) is 19.6. The van der Waals surface area contributed by atoms with Crippen molar-refractivity contribution in [3.8, 4) is 0 Å². The number of anilines is 2. The van der Waals surface area contributed by atoms with Crippen LogP contribution in [0.3, 0.4) is 0 Å². The van der Waals surface area contributed by atoms with Gasteiger partial charge in [-0.3, -0.25) is 15.0 Å². The Morgan fingerprint density at radius 1 is 1.11 bits per heavy atom. The Kier molecular flexibility index (Phi) is 7.66. The highest BCUT2D eigenvalue weighted by molar-refractivity contribution is 6.07. The molecule has 0 aliphatic rings. The molecule has 4 aromatic rings. The van der Waals surface area contributed by atoms with Gasteiger partial charge < -0.3 is 25.6 Å². The van der Waals surface area contributed by atoms with Crippen LogP contribution in [0, 0.1) is 17.0 Å². The van der Waals surface area contributed by atoms with Gasteiger partial charge in [0.2, 0.25) is 0 Å². The van der Waals surface area contributed by atoms with Crippen molar-refractivity contribution in [1.29, 1.82) is 5.41 Å². The summed E-state index contributed by atoms with van der Waals surface area (Å²) in [6, 6.07) is 14.6. The summed E-state index contributed by atoms with van der Waals surface area (Å²) in [5.74, 6) is -2.29. The first-order chi connectivity index (χ1) is 18.2. The Morgan fingerprint density at radius 2 is 1.87 bits per heavy atom. The molecular weight excluding hydrogens is 494 g/mol. The molecule has 0 atom stereocenters. The normalized spacial score (nSPS) is 10.9. The second kappa shape index (κ2) is 11.1. The predicted molar refractivity (Wildman–Crippen MR) is 140 cm³/mol. The minimum absolute atomic E-state index is 0.137. The number of fused-ring (bicyclic) bond motifs is 1. The summed E-state index contributed by atoms with van der Waals surface area (Å²) < 4.78 is 30.2. The lowest BCUT2D eigenvalue weighted by atomic mass is 10.1. The van der Waals surface area contributed by atoms with E-state index in [4.69, 9.17) is 16.2 Å². The van der Waals surface area contributed by atoms with Crippen molar-refractivity contribution in [3.63, 3.8) is 0 Å². The first-order valence-electron chi connectivity index (χ1n) is 11.8. The number of carbonyl (C=O) groups excluding carboxylic acids is 1. The quantitative estimate of drug-likeness (QED) is 0.181. The number of nitrogen functional groups attached to an aromatic ring is 1. The van der Waals surface area contributed by atoms with Crippen molar-refractivity contribution in [3.05, 3.63) is 89.2 Å². The largest absolute Gasteiger partial charge is 0.481 e. The molecule has 0 bridgehead atoms. The van der Waals surface area contributed by atoms with Gasteiger partial charge in [0.05, 0.1) is 29.7 Å². The summed E-state index contributed by atoms with van der Waals surface area (Å²) in [4.78, 5) is 30.4. The number of amides is 1. The molecule has 0 aliphatic heterocycles. The van der Waals surface area contributed by atoms with Gasteiger partial charge in [0, 0.05) is 29.9 Å². The first-order valence-corrected chi connectivity index (χ1v) is 11.8. The van der Waals surface area contributed by atoms with Gasteiger partial charge in [0.15, 0.2) is 0 Å². The van der Waals surface area contributed by atoms with E-state index < -0.39 is 23.5 Å². The molecule has 0 saturated heterocycles. The standard InChI is InChI=1S/C27H26F2N6O3/c1-2-34-23-9-7-17(27(38)35(11-10-25(36)37)19-5-3-4-18(28)14-19)13-22(23)33-24(34)15-32-21-8-6-16(26(30)31)12-20(21)29/h3-9,12-14,32H,2,10-11,15H2,1H3,(H3,30,31)(H,36,37). The number of hydrogen-bond donors (Lipinski definition) is 4. The molecule has 11 heteroatoms. The molecule has 5 N–H and O–H groups in total. The van der Waals surface area contributed by atoms with Crippen LogP contribution in [0.4, 0.5) is 20.2 Å². The van der Waals surface area contributed by atoms with Crippen LogP contribution < -0.4 is 16.0 Å². The lowest BCUT2D eigenvalue weighted by Gasteiger charge is -2.22. The van der Waals surface area contributed by atoms with Gasteiger partial charge in [-0.15, -0.1) is 0 Å². The number of nitrogens with one attached hydrogen (secondary N) is 2. The SMILES string of the molecule is CCn1c(CNc2ccc(C(=N)N)cc2F)nc2cc(C(=O)N(CCC(=O)O)c3cccc(F)c3)ccc21. The Balaban J connectivity index is 1.62. The van der Waals surface area contributed by atoms with E-state index >= 15 is 0 Å². The average Bonchev–Trinajstić information content (AvgIpc) is 3.24. The number of rotatable bonds is 10. The molecule has 0 radical (unpaired) electrons. The van der Waals surface area contributed by atoms with Gasteiger partial charge in [-0.25, -0.2) is 13.8 Å². The van der Waals surface area contributed by atoms with E-state index in [-0.39, 0.29) is 47.8 Å². The van der Waals surface area contributed by atoms with Gasteiger partial charge in [-0.05, 0) is 61.5 Å². The number of aryl methyl sites for hydroxylation is 1. The smallest absolute Gasteiger partial charge is 0.305 e. The van der Waals surface area contributed by atoms with Crippen molar-refractivity contribution < 1.29 is 23.5 Å². The molecule has 0 spiro atoms. The molecule has 0 fully saturated rings. The predicted octanol–water partition coefficient (Wildman–Crippen LogP) is 4.35. The molecule has 9 nitrogen and oxygen atoms in total. The number of hydrogen-bond acceptors (Lipinski definition) is 5. The fourth-order valence-electron chi connectivity index (χ4n) is 4.16. The molecule has 196 valence electrons. The average molecular weight is 521 g/mol. The fourth-order valence-corrected chi connectivity index (χ4v) is 4.16. The maximum absolute atomic E-state index is 14.5. The third kappa shape index (κ3) is 5.61. The molecule has 0 saturated carbocycles. The molecule has 4 rings (SSSR count). The van der Waals surface area contributed by atoms with Crippen molar-refractivity contribution >= 4 is 40.1 Å². The molecule has 3 aromatic carbocycles. The van der Waals surface area contributed by atoms with E-state index in [0.717, 1.165) is 5.52 Å². The zero-order chi connectivity index (χ0) is 27.4. The van der Waals surface area contributed by atoms with E-state index in [0.29, 0.717) is 17.9 Å². The summed E-state index contributed by atoms with van der Waals surface area (Å²) in [6.45, 7) is 2.56. The maximum atomic E-state index is 14.5. The molecule has 0 unspecified atom stereocenters. The van der Waals surface area contributed by atoms with Gasteiger partial charge >= 0.3 is 5.97 Å². The Hall–Kier alpha value is -4.80. The zero-order valence-electron chi connectivity index (χ0n) is 20.5. The lowest BCUT2D eigenvalue weighted by Crippen LogP contribution is -2.33. The van der Waals surface area contributed by atoms with Crippen molar-refractivity contribution in [2.75, 3.05) is 16.8 Å². The van der Waals surface area contributed by atoms with E-state index in [9.17, 15) is 18.4 Å². The Morgan fingerprint density at radius 3 is 2.53 bits per heavy atom. The van der Waals surface area contributed by atoms with Gasteiger partial charge in [-0.1, -0.05) is 6.07 Å². The summed E-state index contributed by atoms with van der Waals surface area (Å²) in [7, 11) is 0. The monoisotopic (exact) mass is 520 g/mol. The highest BCUT2D eigenvalue weighted by Crippen LogP contribution is 2.24. The van der Waals surface area contributed by atoms with Gasteiger partial charge in [0.1, 0.15) is 23.3 Å². The van der Waals surface area contributed by atoms with E-state index in [2.05, 4.69) is 10.3 Å². The Bertz CT molecular complexity index is 1530. The van der Waals surface area contributed by atoms with Crippen LogP contribution in [0.15, 0.2) is 60.7 Å². The van der Waals surface area contributed by atoms with Crippen LogP contribution in [-0.2, 0) is 17.9 Å². The van der Waals surface area contributed by atoms with E-state index in [1.807, 2.05) is 11.5 Å². The topological polar surface area (TPSA) is 137 Å². The molecule has 38 heavy (non-hydrogen) atoms. The summed E-state index contributed by atoms with van der Waals surface area (Å²) in [6.07, 6.45) is -0.311. The third-order valence-corrected chi connectivity index (χ3v) is 6.02.